The van der Waals surface area contributed by atoms with Crippen LogP contribution in [0.4, 0.5) is 26.3 Å². The van der Waals surface area contributed by atoms with Crippen LogP contribution in [0.15, 0.2) is 140 Å². The molecule has 6 heteroatoms. The number of alkyl halides is 6. The lowest BCUT2D eigenvalue weighted by molar-refractivity contribution is -0.138. The van der Waals surface area contributed by atoms with Crippen LogP contribution in [0.1, 0.15) is 92.5 Å². The van der Waals surface area contributed by atoms with Crippen molar-refractivity contribution in [1.82, 2.24) is 0 Å². The van der Waals surface area contributed by atoms with Gasteiger partial charge in [-0.25, -0.2) is 0 Å². The zero-order chi connectivity index (χ0) is 42.1. The number of hydrogen-bond donors (Lipinski definition) is 0. The Morgan fingerprint density at radius 2 is 1.12 bits per heavy atom. The topological polar surface area (TPSA) is 0 Å². The summed E-state index contributed by atoms with van der Waals surface area (Å²) in [5.74, 6) is 0. The van der Waals surface area contributed by atoms with Gasteiger partial charge >= 0.3 is 12.4 Å². The number of benzene rings is 6. The third-order valence-corrected chi connectivity index (χ3v) is 11.3. The third kappa shape index (κ3) is 7.39. The summed E-state index contributed by atoms with van der Waals surface area (Å²) < 4.78 is 87.7. The molecule has 0 radical (unpaired) electrons. The van der Waals surface area contributed by atoms with E-state index in [-0.39, 0.29) is 16.5 Å². The van der Waals surface area contributed by atoms with Gasteiger partial charge in [0.15, 0.2) is 0 Å². The van der Waals surface area contributed by atoms with E-state index in [1.165, 1.54) is 12.1 Å². The van der Waals surface area contributed by atoms with Gasteiger partial charge < -0.3 is 0 Å². The van der Waals surface area contributed by atoms with Crippen molar-refractivity contribution in [2.75, 3.05) is 0 Å². The summed E-state index contributed by atoms with van der Waals surface area (Å²) in [5.41, 5.74) is 6.66. The van der Waals surface area contributed by atoms with Crippen molar-refractivity contribution in [3.8, 4) is 22.3 Å². The minimum atomic E-state index is -4.69. The zero-order valence-electron chi connectivity index (χ0n) is 33.8. The van der Waals surface area contributed by atoms with Gasteiger partial charge in [-0.15, -0.1) is 0 Å². The van der Waals surface area contributed by atoms with E-state index in [1.54, 1.807) is 12.1 Å². The van der Waals surface area contributed by atoms with Gasteiger partial charge in [-0.3, -0.25) is 0 Å². The summed E-state index contributed by atoms with van der Waals surface area (Å²) in [5, 5.41) is 3.22. The standard InChI is InChI=1S/C53H44F6/c1-50(2,3)43-31-41-37(29-40(43)32-17-9-7-10-18-32)30-42-45(33-21-13-14-22-33)46(34-19-11-8-12-20-34)49(51(4,5)6)48(47(41)42)44(35-23-15-25-38(27-35)52(54,55)56)36-24-16-26-39(28-36)53(57,58)59/h7-21,23-31H,22H2,1-6H3. The molecule has 8 rings (SSSR count). The predicted octanol–water partition coefficient (Wildman–Crippen LogP) is 13.7. The van der Waals surface area contributed by atoms with Crippen LogP contribution in [0.25, 0.3) is 39.5 Å². The minimum absolute atomic E-state index is 0.172. The Hall–Kier alpha value is -5.88. The lowest BCUT2D eigenvalue weighted by Gasteiger charge is -2.30. The molecule has 0 nitrogen and oxygen atoms in total. The fourth-order valence-corrected chi connectivity index (χ4v) is 8.80. The van der Waals surface area contributed by atoms with Crippen molar-refractivity contribution < 1.29 is 26.3 Å². The molecule has 0 fully saturated rings. The van der Waals surface area contributed by atoms with Crippen LogP contribution in [0.2, 0.25) is 0 Å². The van der Waals surface area contributed by atoms with E-state index in [9.17, 15) is 26.3 Å². The first-order valence-corrected chi connectivity index (χ1v) is 19.8. The molecule has 0 saturated heterocycles. The van der Waals surface area contributed by atoms with Crippen LogP contribution >= 0.6 is 0 Å². The van der Waals surface area contributed by atoms with Gasteiger partial charge in [0.05, 0.1) is 11.1 Å². The van der Waals surface area contributed by atoms with Gasteiger partial charge in [-0.2, -0.15) is 26.3 Å². The fourth-order valence-electron chi connectivity index (χ4n) is 8.80. The van der Waals surface area contributed by atoms with Gasteiger partial charge in [0, 0.05) is 0 Å². The van der Waals surface area contributed by atoms with E-state index in [0.717, 1.165) is 90.0 Å². The van der Waals surface area contributed by atoms with Crippen molar-refractivity contribution >= 4 is 17.2 Å². The molecule has 298 valence electrons. The Balaban J connectivity index is 1.75. The van der Waals surface area contributed by atoms with Gasteiger partial charge in [0.1, 0.15) is 0 Å². The van der Waals surface area contributed by atoms with Crippen molar-refractivity contribution in [2.24, 2.45) is 0 Å². The number of fused-ring (bicyclic) bond motifs is 2. The van der Waals surface area contributed by atoms with Crippen LogP contribution in [0.3, 0.4) is 0 Å². The summed E-state index contributed by atoms with van der Waals surface area (Å²) in [6.45, 7) is 12.7. The minimum Gasteiger partial charge on any atom is -0.166 e. The summed E-state index contributed by atoms with van der Waals surface area (Å²) >= 11 is 0. The van der Waals surface area contributed by atoms with Gasteiger partial charge in [0.2, 0.25) is 0 Å². The number of allylic oxidation sites excluding steroid dienone is 4. The average Bonchev–Trinajstić information content (AvgIpc) is 3.85. The van der Waals surface area contributed by atoms with Crippen LogP contribution in [-0.2, 0) is 23.2 Å². The Labute approximate surface area is 340 Å². The quantitative estimate of drug-likeness (QED) is 0.152. The molecule has 2 aliphatic rings. The van der Waals surface area contributed by atoms with Crippen LogP contribution in [0.5, 0.6) is 0 Å². The average molecular weight is 795 g/mol. The first kappa shape index (κ1) is 39.9. The highest BCUT2D eigenvalue weighted by molar-refractivity contribution is 5.94. The molecule has 2 aliphatic carbocycles. The number of halogens is 6. The molecule has 0 amide bonds. The Kier molecular flexibility index (Phi) is 9.77. The fraction of sp³-hybridized carbons (Fsp3) is 0.208. The first-order chi connectivity index (χ1) is 27.8. The second kappa shape index (κ2) is 14.4. The number of hydrogen-bond acceptors (Lipinski definition) is 0. The summed E-state index contributed by atoms with van der Waals surface area (Å²) in [4.78, 5) is 0. The Morgan fingerprint density at radius 1 is 0.559 bits per heavy atom. The largest absolute Gasteiger partial charge is 0.416 e. The molecule has 6 aromatic carbocycles. The highest BCUT2D eigenvalue weighted by atomic mass is 19.4. The first-order valence-electron chi connectivity index (χ1n) is 19.8. The maximum absolute atomic E-state index is 14.6. The highest BCUT2D eigenvalue weighted by Gasteiger charge is 2.35. The molecule has 0 atom stereocenters. The maximum atomic E-state index is 14.6. The van der Waals surface area contributed by atoms with Crippen molar-refractivity contribution in [3.63, 3.8) is 0 Å². The molecular weight excluding hydrogens is 751 g/mol. The molecule has 0 bridgehead atoms. The van der Waals surface area contributed by atoms with E-state index in [1.807, 2.05) is 54.6 Å². The zero-order valence-corrected chi connectivity index (χ0v) is 33.8. The van der Waals surface area contributed by atoms with E-state index in [2.05, 4.69) is 84.0 Å². The molecule has 6 aromatic rings. The lowest BCUT2D eigenvalue weighted by Crippen LogP contribution is -2.30. The molecule has 0 aromatic heterocycles. The van der Waals surface area contributed by atoms with Crippen molar-refractivity contribution in [3.05, 3.63) is 205 Å². The molecule has 0 heterocycles. The molecule has 0 saturated carbocycles. The van der Waals surface area contributed by atoms with E-state index in [0.29, 0.717) is 17.2 Å². The molecular formula is C53H44F6. The van der Waals surface area contributed by atoms with Crippen LogP contribution in [-0.4, -0.2) is 0 Å². The third-order valence-electron chi connectivity index (χ3n) is 11.3. The lowest BCUT2D eigenvalue weighted by atomic mass is 9.73. The van der Waals surface area contributed by atoms with E-state index >= 15 is 0 Å². The summed E-state index contributed by atoms with van der Waals surface area (Å²) in [7, 11) is 0. The SMILES string of the molecule is CC(C)(C)c1cc2c(cc1-c1ccccc1)=Cc1c(C3=CC=CC3)c(-c3ccccc3)c(C(C)(C)C)c(=C(c3cccc(C(F)(F)F)c3)c3cccc(C(F)(F)F)c3)c1=2. The van der Waals surface area contributed by atoms with Crippen LogP contribution < -0.4 is 10.4 Å². The smallest absolute Gasteiger partial charge is 0.166 e. The second-order valence-electron chi connectivity index (χ2n) is 17.5. The predicted molar refractivity (Wildman–Crippen MR) is 228 cm³/mol. The Bertz CT molecular complexity index is 2850. The summed E-state index contributed by atoms with van der Waals surface area (Å²) in [6, 6.07) is 34.5. The molecule has 0 N–H and O–H groups in total. The van der Waals surface area contributed by atoms with E-state index in [4.69, 9.17) is 0 Å². The van der Waals surface area contributed by atoms with Crippen molar-refractivity contribution in [1.29, 1.82) is 0 Å². The summed E-state index contributed by atoms with van der Waals surface area (Å²) in [6.07, 6.45) is -0.281. The van der Waals surface area contributed by atoms with Crippen molar-refractivity contribution in [2.45, 2.75) is 71.1 Å². The second-order valence-corrected chi connectivity index (χ2v) is 17.5. The maximum Gasteiger partial charge on any atom is 0.416 e. The van der Waals surface area contributed by atoms with Gasteiger partial charge in [-0.1, -0.05) is 145 Å². The van der Waals surface area contributed by atoms with E-state index < -0.39 is 28.9 Å². The molecule has 59 heavy (non-hydrogen) atoms. The monoisotopic (exact) mass is 794 g/mol. The molecule has 0 aliphatic heterocycles. The highest BCUT2D eigenvalue weighted by Crippen LogP contribution is 2.44. The number of rotatable bonds is 5. The van der Waals surface area contributed by atoms with Crippen LogP contribution in [0, 0.1) is 10.4 Å². The van der Waals surface area contributed by atoms with Gasteiger partial charge in [0.25, 0.3) is 0 Å². The molecule has 0 unspecified atom stereocenters. The van der Waals surface area contributed by atoms with Gasteiger partial charge in [-0.05, 0) is 147 Å². The Morgan fingerprint density at radius 3 is 1.61 bits per heavy atom. The molecule has 0 spiro atoms. The normalized spacial score (nSPS) is 13.9.